The van der Waals surface area contributed by atoms with Crippen LogP contribution in [0, 0.1) is 0 Å². The number of nitrogens with two attached hydrogens (primary N) is 1. The van der Waals surface area contributed by atoms with Gasteiger partial charge in [0.15, 0.2) is 5.75 Å². The average molecular weight is 277 g/mol. The van der Waals surface area contributed by atoms with E-state index >= 15 is 0 Å². The van der Waals surface area contributed by atoms with E-state index in [2.05, 4.69) is 23.5 Å². The number of nitrogens with zero attached hydrogens (tertiary/aromatic N) is 2. The maximum Gasteiger partial charge on any atom is 0.161 e. The molecule has 0 bridgehead atoms. The summed E-state index contributed by atoms with van der Waals surface area (Å²) in [7, 11) is 1.65. The molecule has 0 saturated carbocycles. The fourth-order valence-corrected chi connectivity index (χ4v) is 2.82. The van der Waals surface area contributed by atoms with Crippen molar-refractivity contribution >= 4 is 11.8 Å². The van der Waals surface area contributed by atoms with E-state index in [1.54, 1.807) is 25.1 Å². The first-order chi connectivity index (χ1) is 9.22. The number of hydrogen-bond donors (Lipinski definition) is 1. The molecule has 1 heterocycles. The van der Waals surface area contributed by atoms with Crippen LogP contribution in [0.25, 0.3) is 0 Å². The fraction of sp³-hybridized carbons (Fsp3) is 0.357. The van der Waals surface area contributed by atoms with Crippen molar-refractivity contribution in [1.82, 2.24) is 9.78 Å². The molecule has 0 amide bonds. The van der Waals surface area contributed by atoms with Gasteiger partial charge < -0.3 is 10.5 Å². The lowest BCUT2D eigenvalue weighted by atomic mass is 10.0. The van der Waals surface area contributed by atoms with Crippen molar-refractivity contribution in [3.8, 4) is 5.75 Å². The Kier molecular flexibility index (Phi) is 4.50. The third kappa shape index (κ3) is 2.62. The summed E-state index contributed by atoms with van der Waals surface area (Å²) in [6.45, 7) is 2.82. The van der Waals surface area contributed by atoms with E-state index in [1.807, 2.05) is 23.7 Å². The molecule has 2 rings (SSSR count). The molecule has 1 unspecified atom stereocenters. The highest BCUT2D eigenvalue weighted by Crippen LogP contribution is 2.32. The first-order valence-electron chi connectivity index (χ1n) is 6.21. The van der Waals surface area contributed by atoms with Crippen molar-refractivity contribution < 1.29 is 4.74 Å². The highest BCUT2D eigenvalue weighted by atomic mass is 32.2. The van der Waals surface area contributed by atoms with E-state index in [0.717, 1.165) is 23.6 Å². The molecule has 0 aliphatic rings. The SMILES string of the molecule is CCn1ncc(OC)c1C(N)c1ccccc1SC. The van der Waals surface area contributed by atoms with Crippen LogP contribution >= 0.6 is 11.8 Å². The molecule has 0 radical (unpaired) electrons. The molecule has 5 heteroatoms. The highest BCUT2D eigenvalue weighted by Gasteiger charge is 2.21. The van der Waals surface area contributed by atoms with Crippen molar-refractivity contribution in [2.45, 2.75) is 24.4 Å². The number of hydrogen-bond acceptors (Lipinski definition) is 4. The number of rotatable bonds is 5. The molecule has 102 valence electrons. The van der Waals surface area contributed by atoms with Gasteiger partial charge in [-0.15, -0.1) is 11.8 Å². The van der Waals surface area contributed by atoms with Crippen LogP contribution in [0.4, 0.5) is 0 Å². The molecule has 0 aliphatic heterocycles. The largest absolute Gasteiger partial charge is 0.493 e. The predicted octanol–water partition coefficient (Wildman–Crippen LogP) is 2.68. The van der Waals surface area contributed by atoms with Gasteiger partial charge in [0.05, 0.1) is 19.3 Å². The Bertz CT molecular complexity index is 532. The Balaban J connectivity index is 2.49. The molecule has 0 fully saturated rings. The van der Waals surface area contributed by atoms with E-state index in [1.165, 1.54) is 4.90 Å². The van der Waals surface area contributed by atoms with Crippen LogP contribution in [0.5, 0.6) is 5.75 Å². The Morgan fingerprint density at radius 1 is 1.42 bits per heavy atom. The van der Waals surface area contributed by atoms with Gasteiger partial charge in [-0.25, -0.2) is 0 Å². The third-order valence-corrected chi connectivity index (χ3v) is 3.94. The number of aryl methyl sites for hydroxylation is 1. The summed E-state index contributed by atoms with van der Waals surface area (Å²) in [5.74, 6) is 0.741. The third-order valence-electron chi connectivity index (χ3n) is 3.13. The normalized spacial score (nSPS) is 12.4. The molecule has 2 N–H and O–H groups in total. The molecule has 2 aromatic rings. The first-order valence-corrected chi connectivity index (χ1v) is 7.43. The van der Waals surface area contributed by atoms with Crippen molar-refractivity contribution in [3.05, 3.63) is 41.7 Å². The summed E-state index contributed by atoms with van der Waals surface area (Å²) in [6, 6.07) is 7.94. The fourth-order valence-electron chi connectivity index (χ4n) is 2.17. The minimum Gasteiger partial charge on any atom is -0.493 e. The van der Waals surface area contributed by atoms with Crippen molar-refractivity contribution in [2.24, 2.45) is 5.73 Å². The second-order valence-electron chi connectivity index (χ2n) is 4.13. The minimum atomic E-state index is -0.235. The smallest absolute Gasteiger partial charge is 0.161 e. The lowest BCUT2D eigenvalue weighted by molar-refractivity contribution is 0.404. The van der Waals surface area contributed by atoms with Gasteiger partial charge >= 0.3 is 0 Å². The van der Waals surface area contributed by atoms with Crippen molar-refractivity contribution in [3.63, 3.8) is 0 Å². The number of aromatic nitrogens is 2. The van der Waals surface area contributed by atoms with Gasteiger partial charge in [-0.1, -0.05) is 18.2 Å². The maximum absolute atomic E-state index is 6.44. The second-order valence-corrected chi connectivity index (χ2v) is 4.98. The van der Waals surface area contributed by atoms with Gasteiger partial charge in [-0.2, -0.15) is 5.10 Å². The van der Waals surface area contributed by atoms with Gasteiger partial charge in [0, 0.05) is 11.4 Å². The number of ether oxygens (including phenoxy) is 1. The molecule has 1 aromatic carbocycles. The number of benzene rings is 1. The van der Waals surface area contributed by atoms with Crippen LogP contribution in [0.3, 0.4) is 0 Å². The quantitative estimate of drug-likeness (QED) is 0.854. The van der Waals surface area contributed by atoms with Crippen molar-refractivity contribution in [1.29, 1.82) is 0 Å². The molecular weight excluding hydrogens is 258 g/mol. The van der Waals surface area contributed by atoms with Gasteiger partial charge in [-0.3, -0.25) is 4.68 Å². The Labute approximate surface area is 117 Å². The lowest BCUT2D eigenvalue weighted by Gasteiger charge is -2.18. The van der Waals surface area contributed by atoms with Crippen LogP contribution in [-0.4, -0.2) is 23.1 Å². The zero-order chi connectivity index (χ0) is 13.8. The Hall–Kier alpha value is -1.46. The maximum atomic E-state index is 6.44. The summed E-state index contributed by atoms with van der Waals surface area (Å²) in [5.41, 5.74) is 8.46. The first kappa shape index (κ1) is 14.0. The number of methoxy groups -OCH3 is 1. The topological polar surface area (TPSA) is 53.1 Å². The Morgan fingerprint density at radius 3 is 2.79 bits per heavy atom. The molecule has 1 atom stereocenters. The molecule has 19 heavy (non-hydrogen) atoms. The monoisotopic (exact) mass is 277 g/mol. The van der Waals surface area contributed by atoms with E-state index in [9.17, 15) is 0 Å². The van der Waals surface area contributed by atoms with E-state index in [-0.39, 0.29) is 6.04 Å². The molecule has 4 nitrogen and oxygen atoms in total. The van der Waals surface area contributed by atoms with E-state index < -0.39 is 0 Å². The van der Waals surface area contributed by atoms with Gasteiger partial charge in [0.1, 0.15) is 5.69 Å². The predicted molar refractivity (Wildman–Crippen MR) is 78.7 cm³/mol. The number of thioether (sulfide) groups is 1. The van der Waals surface area contributed by atoms with Crippen molar-refractivity contribution in [2.75, 3.05) is 13.4 Å². The molecule has 1 aromatic heterocycles. The lowest BCUT2D eigenvalue weighted by Crippen LogP contribution is -2.18. The molecule has 0 saturated heterocycles. The second kappa shape index (κ2) is 6.12. The highest BCUT2D eigenvalue weighted by molar-refractivity contribution is 7.98. The van der Waals surface area contributed by atoms with E-state index in [4.69, 9.17) is 10.5 Å². The van der Waals surface area contributed by atoms with Gasteiger partial charge in [-0.05, 0) is 24.8 Å². The van der Waals surface area contributed by atoms with Gasteiger partial charge in [0.2, 0.25) is 0 Å². The van der Waals surface area contributed by atoms with Crippen LogP contribution in [0.1, 0.15) is 24.2 Å². The standard InChI is InChI=1S/C14H19N3OS/c1-4-17-14(11(18-2)9-16-17)13(15)10-7-5-6-8-12(10)19-3/h5-9,13H,4,15H2,1-3H3. The summed E-state index contributed by atoms with van der Waals surface area (Å²) >= 11 is 1.70. The van der Waals surface area contributed by atoms with Crippen LogP contribution in [0.15, 0.2) is 35.4 Å². The summed E-state index contributed by atoms with van der Waals surface area (Å²) < 4.78 is 7.26. The van der Waals surface area contributed by atoms with E-state index in [0.29, 0.717) is 0 Å². The molecule has 0 aliphatic carbocycles. The zero-order valence-corrected chi connectivity index (χ0v) is 12.3. The molecule has 0 spiro atoms. The van der Waals surface area contributed by atoms with Crippen LogP contribution in [-0.2, 0) is 6.54 Å². The van der Waals surface area contributed by atoms with Crippen LogP contribution < -0.4 is 10.5 Å². The zero-order valence-electron chi connectivity index (χ0n) is 11.5. The summed E-state index contributed by atoms with van der Waals surface area (Å²) in [5, 5.41) is 4.31. The Morgan fingerprint density at radius 2 is 2.16 bits per heavy atom. The minimum absolute atomic E-state index is 0.235. The van der Waals surface area contributed by atoms with Gasteiger partial charge in [0.25, 0.3) is 0 Å². The average Bonchev–Trinajstić information content (AvgIpc) is 2.89. The summed E-state index contributed by atoms with van der Waals surface area (Å²) in [4.78, 5) is 1.18. The molecular formula is C14H19N3OS. The van der Waals surface area contributed by atoms with Crippen LogP contribution in [0.2, 0.25) is 0 Å². The summed E-state index contributed by atoms with van der Waals surface area (Å²) in [6.07, 6.45) is 3.78.